The summed E-state index contributed by atoms with van der Waals surface area (Å²) in [4.78, 5) is 3.69. The van der Waals surface area contributed by atoms with Crippen LogP contribution in [0.1, 0.15) is 0 Å². The first-order valence-electron chi connectivity index (χ1n) is 6.74. The minimum Gasteiger partial charge on any atom is -0.0312 e. The van der Waals surface area contributed by atoms with E-state index in [4.69, 9.17) is 9.30 Å². The number of hydrogen-bond acceptors (Lipinski definition) is 1. The third kappa shape index (κ3) is 45.5. The minimum atomic E-state index is -1.12. The predicted octanol–water partition coefficient (Wildman–Crippen LogP) is 3.69. The van der Waals surface area contributed by atoms with Gasteiger partial charge >= 0.3 is 56.7 Å². The van der Waals surface area contributed by atoms with Gasteiger partial charge in [-0.1, -0.05) is 19.6 Å². The molecule has 0 heterocycles. The van der Waals surface area contributed by atoms with Crippen LogP contribution in [0.3, 0.4) is 0 Å². The first-order chi connectivity index (χ1) is 11.1. The monoisotopic (exact) mass is 437 g/mol. The molecule has 0 atom stereocenters. The summed E-state index contributed by atoms with van der Waals surface area (Å²) in [5.41, 5.74) is 0. The Bertz CT molecular complexity index is 251. The zero-order chi connectivity index (χ0) is 18.4. The van der Waals surface area contributed by atoms with Gasteiger partial charge in [0.1, 0.15) is 0 Å². The largest absolute Gasteiger partial charge is 2.00 e. The molecule has 2 fully saturated rings. The average Bonchev–Trinajstić information content (AvgIpc) is 3.29. The fourth-order valence-corrected chi connectivity index (χ4v) is 1.45. The molecule has 0 unspecified atom stereocenters. The zero-order valence-electron chi connectivity index (χ0n) is 14.8. The van der Waals surface area contributed by atoms with Gasteiger partial charge in [-0.05, 0) is 64.2 Å². The van der Waals surface area contributed by atoms with Crippen LogP contribution in [-0.4, -0.2) is 21.3 Å². The summed E-state index contributed by atoms with van der Waals surface area (Å²) in [6.45, 7) is 15.7. The fraction of sp³-hybridized carbons (Fsp3) is 0.211. The van der Waals surface area contributed by atoms with Gasteiger partial charge in [0, 0.05) is 13.3 Å². The van der Waals surface area contributed by atoms with E-state index in [2.05, 4.69) is 50.2 Å². The summed E-state index contributed by atoms with van der Waals surface area (Å²) in [6, 6.07) is 3.23. The Balaban J connectivity index is -0.0000000725. The predicted molar refractivity (Wildman–Crippen MR) is 95.1 cm³/mol. The maximum atomic E-state index is 7.50. The molecule has 6 heteroatoms. The maximum Gasteiger partial charge on any atom is 2.00 e. The van der Waals surface area contributed by atoms with Crippen LogP contribution in [-0.2, 0) is 43.4 Å². The molecular formula is C19H23Fe2NO2Si+3. The van der Waals surface area contributed by atoms with E-state index in [0.29, 0.717) is 0 Å². The second kappa shape index (κ2) is 32.1. The summed E-state index contributed by atoms with van der Waals surface area (Å²) in [7, 11) is 0.588. The zero-order valence-corrected chi connectivity index (χ0v) is 18.0. The van der Waals surface area contributed by atoms with Crippen LogP contribution in [0.2, 0.25) is 19.6 Å². The summed E-state index contributed by atoms with van der Waals surface area (Å²) < 4.78 is 15.0. The van der Waals surface area contributed by atoms with Crippen molar-refractivity contribution < 1.29 is 43.4 Å². The van der Waals surface area contributed by atoms with Gasteiger partial charge in [0.05, 0.1) is 0 Å². The van der Waals surface area contributed by atoms with Crippen molar-refractivity contribution in [3.63, 3.8) is 0 Å². The topological polar surface area (TPSA) is 52.2 Å². The molecular weight excluding hydrogens is 414 g/mol. The molecule has 0 spiro atoms. The Kier molecular flexibility index (Phi) is 46.7. The van der Waals surface area contributed by atoms with Crippen LogP contribution < -0.4 is 0 Å². The van der Waals surface area contributed by atoms with E-state index in [1.165, 1.54) is 0 Å². The van der Waals surface area contributed by atoms with Gasteiger partial charge in [-0.25, -0.2) is 0 Å². The third-order valence-electron chi connectivity index (χ3n) is 1.81. The van der Waals surface area contributed by atoms with Crippen LogP contribution in [0.25, 0.3) is 0 Å². The van der Waals surface area contributed by atoms with E-state index in [1.54, 1.807) is 13.5 Å². The van der Waals surface area contributed by atoms with Gasteiger partial charge in [0.2, 0.25) is 0 Å². The average molecular weight is 437 g/mol. The van der Waals surface area contributed by atoms with Crippen molar-refractivity contribution in [1.82, 2.24) is 0 Å². The normalized spacial score (nSPS) is 14.4. The van der Waals surface area contributed by atoms with Crippen LogP contribution in [0.15, 0.2) is 4.99 Å². The van der Waals surface area contributed by atoms with Crippen molar-refractivity contribution in [2.24, 2.45) is 4.99 Å². The van der Waals surface area contributed by atoms with E-state index < -0.39 is 8.07 Å². The summed E-state index contributed by atoms with van der Waals surface area (Å²) >= 11 is 0. The first kappa shape index (κ1) is 36.3. The van der Waals surface area contributed by atoms with Crippen LogP contribution in [0, 0.1) is 90.0 Å². The molecule has 0 aromatic carbocycles. The number of aliphatic imine (C=N–C) groups is 1. The molecule has 133 valence electrons. The van der Waals surface area contributed by atoms with Crippen LogP contribution in [0.5, 0.6) is 0 Å². The van der Waals surface area contributed by atoms with Crippen molar-refractivity contribution in [3.05, 3.63) is 90.0 Å². The van der Waals surface area contributed by atoms with Crippen LogP contribution >= 0.6 is 0 Å². The Labute approximate surface area is 179 Å². The molecule has 2 rings (SSSR count). The van der Waals surface area contributed by atoms with Crippen molar-refractivity contribution in [2.45, 2.75) is 19.6 Å². The molecule has 25 heavy (non-hydrogen) atoms. The molecule has 0 aromatic heterocycles. The molecule has 0 aromatic rings. The molecule has 0 aliphatic heterocycles. The molecule has 0 saturated heterocycles. The Morgan fingerprint density at radius 3 is 1.16 bits per heavy atom. The third-order valence-corrected chi connectivity index (χ3v) is 2.82. The summed E-state index contributed by atoms with van der Waals surface area (Å²) in [6.07, 6.45) is 24.5. The second-order valence-electron chi connectivity index (χ2n) is 4.82. The molecule has 3 nitrogen and oxygen atoms in total. The number of hydrogen-bond donors (Lipinski definition) is 0. The smallest absolute Gasteiger partial charge is 0.0312 e. The minimum absolute atomic E-state index is 0. The Morgan fingerprint density at radius 2 is 1.00 bits per heavy atom. The van der Waals surface area contributed by atoms with E-state index in [-0.39, 0.29) is 34.1 Å². The van der Waals surface area contributed by atoms with Gasteiger partial charge in [-0.15, -0.1) is 8.07 Å². The second-order valence-corrected chi connectivity index (χ2v) is 9.60. The molecule has 0 amide bonds. The van der Waals surface area contributed by atoms with Gasteiger partial charge in [0.15, 0.2) is 0 Å². The van der Waals surface area contributed by atoms with Gasteiger partial charge < -0.3 is 6.04 Å². The molecule has 2 saturated carbocycles. The van der Waals surface area contributed by atoms with Gasteiger partial charge in [-0.3, -0.25) is 4.99 Å². The SMILES string of the molecule is CN=[C][CH][C-][Si](C)(C)C.[C-]#[O+].[C-]#[O+].[CH]1[CH][CH][CH][CH]1.[CH]1[CH][CH][CH][CH]1.[Fe+2].[Fe+2]. The Morgan fingerprint density at radius 1 is 0.760 bits per heavy atom. The molecule has 0 bridgehead atoms. The molecule has 13 radical (unpaired) electrons. The summed E-state index contributed by atoms with van der Waals surface area (Å²) in [5, 5.41) is 0. The fourth-order valence-electron chi connectivity index (χ4n) is 0.955. The van der Waals surface area contributed by atoms with Crippen molar-refractivity contribution in [2.75, 3.05) is 7.05 Å². The standard InChI is InChI=1S/C7H13NSi.2C5H5.2CO.2Fe/c1-8-6-5-7-9(2,3)4;2*1-2-4-5-3-1;2*1-2;;/h5H,1-4H3;2*1-5H;;;;/q-1;;;;;2*+2. The van der Waals surface area contributed by atoms with E-state index in [1.807, 2.05) is 64.2 Å². The van der Waals surface area contributed by atoms with Gasteiger partial charge in [-0.2, -0.15) is 6.42 Å². The Hall–Kier alpha value is 0.406. The maximum absolute atomic E-state index is 7.50. The molecule has 2 aliphatic rings. The quantitative estimate of drug-likeness (QED) is 0.280. The van der Waals surface area contributed by atoms with Crippen molar-refractivity contribution in [3.8, 4) is 0 Å². The van der Waals surface area contributed by atoms with Crippen molar-refractivity contribution >= 4 is 14.3 Å². The van der Waals surface area contributed by atoms with E-state index in [0.717, 1.165) is 0 Å². The van der Waals surface area contributed by atoms with Gasteiger partial charge in [0.25, 0.3) is 0 Å². The van der Waals surface area contributed by atoms with E-state index >= 15 is 0 Å². The molecule has 2 aliphatic carbocycles. The van der Waals surface area contributed by atoms with E-state index in [9.17, 15) is 0 Å². The summed E-state index contributed by atoms with van der Waals surface area (Å²) in [5.74, 6) is 0. The van der Waals surface area contributed by atoms with Crippen LogP contribution in [0.4, 0.5) is 0 Å². The number of nitrogens with zero attached hydrogens (tertiary/aromatic N) is 1. The van der Waals surface area contributed by atoms with Crippen molar-refractivity contribution in [1.29, 1.82) is 0 Å². The molecule has 0 N–H and O–H groups in total. The number of rotatable bonds is 3. The first-order valence-corrected chi connectivity index (χ1v) is 10.2.